The Labute approximate surface area is 112 Å². The van der Waals surface area contributed by atoms with E-state index in [1.165, 1.54) is 30.3 Å². The van der Waals surface area contributed by atoms with Crippen molar-refractivity contribution in [1.29, 1.82) is 0 Å². The number of para-hydroxylation sites is 1. The van der Waals surface area contributed by atoms with E-state index in [0.29, 0.717) is 0 Å². The number of rotatable bonds is 4. The predicted molar refractivity (Wildman–Crippen MR) is 67.5 cm³/mol. The summed E-state index contributed by atoms with van der Waals surface area (Å²) in [6, 6.07) is 8.60. The van der Waals surface area contributed by atoms with Crippen LogP contribution in [0.1, 0.15) is 15.9 Å². The molecule has 0 saturated heterocycles. The molecule has 0 fully saturated rings. The number of carbonyl (C=O) groups is 1. The third-order valence-electron chi connectivity index (χ3n) is 2.75. The van der Waals surface area contributed by atoms with Gasteiger partial charge in [-0.1, -0.05) is 18.2 Å². The van der Waals surface area contributed by atoms with E-state index in [9.17, 15) is 23.7 Å². The number of nitro benzene ring substituents is 1. The summed E-state index contributed by atoms with van der Waals surface area (Å²) < 4.78 is 25.8. The first-order valence-electron chi connectivity index (χ1n) is 5.69. The standard InChI is InChI=1S/C14H9F2NO3/c15-11-6-5-9(7-12(11)16)8-14(18)10-3-1-2-4-13(10)17(19)20/h1-7H,8H2. The number of carbonyl (C=O) groups excluding carboxylic acids is 1. The third-order valence-corrected chi connectivity index (χ3v) is 2.75. The van der Waals surface area contributed by atoms with Crippen molar-refractivity contribution >= 4 is 11.5 Å². The van der Waals surface area contributed by atoms with Crippen molar-refractivity contribution in [3.63, 3.8) is 0 Å². The Morgan fingerprint density at radius 1 is 1.10 bits per heavy atom. The van der Waals surface area contributed by atoms with E-state index >= 15 is 0 Å². The average molecular weight is 277 g/mol. The molecule has 0 radical (unpaired) electrons. The van der Waals surface area contributed by atoms with E-state index in [0.717, 1.165) is 12.1 Å². The van der Waals surface area contributed by atoms with Crippen LogP contribution in [0.15, 0.2) is 42.5 Å². The minimum Gasteiger partial charge on any atom is -0.294 e. The Balaban J connectivity index is 2.28. The highest BCUT2D eigenvalue weighted by Crippen LogP contribution is 2.20. The minimum absolute atomic E-state index is 0.0535. The van der Waals surface area contributed by atoms with Crippen LogP contribution in [0.25, 0.3) is 0 Å². The summed E-state index contributed by atoms with van der Waals surface area (Å²) in [5.74, 6) is -2.59. The van der Waals surface area contributed by atoms with Crippen LogP contribution in [0.5, 0.6) is 0 Å². The molecule has 0 aliphatic rings. The molecule has 2 rings (SSSR count). The van der Waals surface area contributed by atoms with Gasteiger partial charge in [-0.3, -0.25) is 14.9 Å². The summed E-state index contributed by atoms with van der Waals surface area (Å²) >= 11 is 0. The second-order valence-corrected chi connectivity index (χ2v) is 4.12. The first kappa shape index (κ1) is 13.8. The number of benzene rings is 2. The lowest BCUT2D eigenvalue weighted by Gasteiger charge is -2.03. The Kier molecular flexibility index (Phi) is 3.84. The van der Waals surface area contributed by atoms with Gasteiger partial charge < -0.3 is 0 Å². The number of hydrogen-bond donors (Lipinski definition) is 0. The van der Waals surface area contributed by atoms with Crippen LogP contribution in [0.3, 0.4) is 0 Å². The van der Waals surface area contributed by atoms with Crippen molar-refractivity contribution in [2.24, 2.45) is 0 Å². The van der Waals surface area contributed by atoms with E-state index in [4.69, 9.17) is 0 Å². The fraction of sp³-hybridized carbons (Fsp3) is 0.0714. The molecule has 2 aromatic carbocycles. The molecule has 0 bridgehead atoms. The zero-order valence-electron chi connectivity index (χ0n) is 10.2. The molecule has 6 heteroatoms. The van der Waals surface area contributed by atoms with Crippen LogP contribution in [0.2, 0.25) is 0 Å². The zero-order chi connectivity index (χ0) is 14.7. The highest BCUT2D eigenvalue weighted by molar-refractivity contribution is 6.01. The van der Waals surface area contributed by atoms with Crippen molar-refractivity contribution in [2.75, 3.05) is 0 Å². The molecule has 0 spiro atoms. The fourth-order valence-corrected chi connectivity index (χ4v) is 1.80. The van der Waals surface area contributed by atoms with Crippen LogP contribution >= 0.6 is 0 Å². The summed E-state index contributed by atoms with van der Waals surface area (Å²) in [5, 5.41) is 10.8. The SMILES string of the molecule is O=C(Cc1ccc(F)c(F)c1)c1ccccc1[N+](=O)[O-]. The van der Waals surface area contributed by atoms with Gasteiger partial charge in [-0.05, 0) is 23.8 Å². The molecule has 0 amide bonds. The van der Waals surface area contributed by atoms with Gasteiger partial charge in [0.25, 0.3) is 5.69 Å². The van der Waals surface area contributed by atoms with Crippen molar-refractivity contribution < 1.29 is 18.5 Å². The summed E-state index contributed by atoms with van der Waals surface area (Å²) in [7, 11) is 0. The van der Waals surface area contributed by atoms with Gasteiger partial charge in [-0.2, -0.15) is 0 Å². The summed E-state index contributed by atoms with van der Waals surface area (Å²) in [4.78, 5) is 22.2. The Hall–Kier alpha value is -2.63. The molecule has 4 nitrogen and oxygen atoms in total. The Bertz CT molecular complexity index is 686. The smallest absolute Gasteiger partial charge is 0.280 e. The number of Topliss-reactive ketones (excluding diaryl/α,β-unsaturated/α-hetero) is 1. The number of halogens is 2. The maximum Gasteiger partial charge on any atom is 0.280 e. The van der Waals surface area contributed by atoms with Crippen molar-refractivity contribution in [1.82, 2.24) is 0 Å². The van der Waals surface area contributed by atoms with Crippen molar-refractivity contribution in [2.45, 2.75) is 6.42 Å². The number of ketones is 1. The number of nitrogens with zero attached hydrogens (tertiary/aromatic N) is 1. The Morgan fingerprint density at radius 2 is 1.80 bits per heavy atom. The van der Waals surface area contributed by atoms with Crippen LogP contribution in [0.4, 0.5) is 14.5 Å². The first-order chi connectivity index (χ1) is 9.49. The molecular weight excluding hydrogens is 268 g/mol. The van der Waals surface area contributed by atoms with Crippen LogP contribution in [0, 0.1) is 21.7 Å². The molecule has 102 valence electrons. The molecule has 20 heavy (non-hydrogen) atoms. The number of nitro groups is 1. The van der Waals surface area contributed by atoms with Gasteiger partial charge in [0.15, 0.2) is 17.4 Å². The molecule has 2 aromatic rings. The summed E-state index contributed by atoms with van der Waals surface area (Å²) in [6.07, 6.45) is -0.234. The van der Waals surface area contributed by atoms with Crippen molar-refractivity contribution in [3.8, 4) is 0 Å². The van der Waals surface area contributed by atoms with Gasteiger partial charge >= 0.3 is 0 Å². The molecule has 0 atom stereocenters. The lowest BCUT2D eigenvalue weighted by atomic mass is 10.0. The highest BCUT2D eigenvalue weighted by Gasteiger charge is 2.19. The Morgan fingerprint density at radius 3 is 2.45 bits per heavy atom. The largest absolute Gasteiger partial charge is 0.294 e. The van der Waals surface area contributed by atoms with Crippen LogP contribution in [-0.2, 0) is 6.42 Å². The fourth-order valence-electron chi connectivity index (χ4n) is 1.80. The zero-order valence-corrected chi connectivity index (χ0v) is 10.2. The second kappa shape index (κ2) is 5.56. The highest BCUT2D eigenvalue weighted by atomic mass is 19.2. The lowest BCUT2D eigenvalue weighted by molar-refractivity contribution is -0.385. The normalized spacial score (nSPS) is 10.3. The quantitative estimate of drug-likeness (QED) is 0.489. The van der Waals surface area contributed by atoms with Crippen LogP contribution < -0.4 is 0 Å². The topological polar surface area (TPSA) is 60.2 Å². The summed E-state index contributed by atoms with van der Waals surface area (Å²) in [6.45, 7) is 0. The van der Waals surface area contributed by atoms with Gasteiger partial charge in [-0.25, -0.2) is 8.78 Å². The van der Waals surface area contributed by atoms with Gasteiger partial charge in [0.1, 0.15) is 0 Å². The van der Waals surface area contributed by atoms with E-state index < -0.39 is 22.3 Å². The van der Waals surface area contributed by atoms with E-state index in [-0.39, 0.29) is 23.2 Å². The molecule has 0 unspecified atom stereocenters. The second-order valence-electron chi connectivity index (χ2n) is 4.12. The van der Waals surface area contributed by atoms with Crippen molar-refractivity contribution in [3.05, 3.63) is 75.3 Å². The van der Waals surface area contributed by atoms with Gasteiger partial charge in [0, 0.05) is 12.5 Å². The molecule has 0 saturated carbocycles. The maximum absolute atomic E-state index is 13.0. The van der Waals surface area contributed by atoms with E-state index in [1.54, 1.807) is 0 Å². The molecule has 0 heterocycles. The maximum atomic E-state index is 13.0. The average Bonchev–Trinajstić information content (AvgIpc) is 2.43. The van der Waals surface area contributed by atoms with Gasteiger partial charge in [-0.15, -0.1) is 0 Å². The van der Waals surface area contributed by atoms with E-state index in [1.807, 2.05) is 0 Å². The van der Waals surface area contributed by atoms with Crippen LogP contribution in [-0.4, -0.2) is 10.7 Å². The summed E-state index contributed by atoms with van der Waals surface area (Å²) in [5.41, 5.74) is -0.102. The molecule has 0 aliphatic carbocycles. The first-order valence-corrected chi connectivity index (χ1v) is 5.69. The van der Waals surface area contributed by atoms with Gasteiger partial charge in [0.05, 0.1) is 10.5 Å². The monoisotopic (exact) mass is 277 g/mol. The van der Waals surface area contributed by atoms with E-state index in [2.05, 4.69) is 0 Å². The molecule has 0 aliphatic heterocycles. The molecular formula is C14H9F2NO3. The van der Waals surface area contributed by atoms with Gasteiger partial charge in [0.2, 0.25) is 0 Å². The minimum atomic E-state index is -1.06. The number of hydrogen-bond acceptors (Lipinski definition) is 3. The third kappa shape index (κ3) is 2.85. The lowest BCUT2D eigenvalue weighted by Crippen LogP contribution is -2.07. The molecule has 0 aromatic heterocycles. The predicted octanol–water partition coefficient (Wildman–Crippen LogP) is 3.30. The molecule has 0 N–H and O–H groups in total.